The van der Waals surface area contributed by atoms with E-state index in [4.69, 9.17) is 0 Å². The van der Waals surface area contributed by atoms with Gasteiger partial charge in [0, 0.05) is 13.0 Å². The summed E-state index contributed by atoms with van der Waals surface area (Å²) in [7, 11) is 0. The zero-order valence-electron chi connectivity index (χ0n) is 10.3. The molecule has 1 aliphatic rings. The van der Waals surface area contributed by atoms with Gasteiger partial charge in [0.2, 0.25) is 0 Å². The molecule has 0 aliphatic carbocycles. The van der Waals surface area contributed by atoms with E-state index in [1.54, 1.807) is 0 Å². The van der Waals surface area contributed by atoms with Crippen LogP contribution in [0.15, 0.2) is 16.9 Å². The van der Waals surface area contributed by atoms with Gasteiger partial charge in [0.1, 0.15) is 5.82 Å². The molecular weight excluding hydrogens is 212 g/mol. The highest BCUT2D eigenvalue weighted by molar-refractivity contribution is 5.82. The number of rotatable bonds is 0. The number of hydrogen-bond donors (Lipinski definition) is 0. The van der Waals surface area contributed by atoms with E-state index in [9.17, 15) is 4.79 Å². The van der Waals surface area contributed by atoms with E-state index in [0.717, 1.165) is 53.7 Å². The third-order valence-electron chi connectivity index (χ3n) is 3.77. The largest absolute Gasteiger partial charge is 0.296 e. The highest BCUT2D eigenvalue weighted by Gasteiger charge is 2.15. The fourth-order valence-electron chi connectivity index (χ4n) is 2.59. The summed E-state index contributed by atoms with van der Waals surface area (Å²) in [4.78, 5) is 17.1. The molecule has 0 saturated heterocycles. The molecule has 2 heterocycles. The maximum absolute atomic E-state index is 12.5. The Hall–Kier alpha value is -1.64. The molecule has 1 aromatic carbocycles. The van der Waals surface area contributed by atoms with Crippen LogP contribution in [0.5, 0.6) is 0 Å². The molecule has 0 atom stereocenters. The summed E-state index contributed by atoms with van der Waals surface area (Å²) >= 11 is 0. The lowest BCUT2D eigenvalue weighted by Crippen LogP contribution is -2.28. The fraction of sp³-hybridized carbons (Fsp3) is 0.429. The van der Waals surface area contributed by atoms with Crippen molar-refractivity contribution >= 4 is 10.9 Å². The topological polar surface area (TPSA) is 34.9 Å². The lowest BCUT2D eigenvalue weighted by molar-refractivity contribution is 0.501. The van der Waals surface area contributed by atoms with Crippen LogP contribution in [0.25, 0.3) is 10.9 Å². The van der Waals surface area contributed by atoms with Gasteiger partial charge in [-0.05, 0) is 43.9 Å². The van der Waals surface area contributed by atoms with Crippen molar-refractivity contribution in [3.8, 4) is 0 Å². The van der Waals surface area contributed by atoms with Gasteiger partial charge in [0.15, 0.2) is 0 Å². The molecule has 1 aliphatic heterocycles. The molecule has 0 N–H and O–H groups in total. The smallest absolute Gasteiger partial charge is 0.261 e. The minimum Gasteiger partial charge on any atom is -0.296 e. The van der Waals surface area contributed by atoms with Gasteiger partial charge in [-0.2, -0.15) is 0 Å². The molecule has 3 rings (SSSR count). The molecule has 1 aromatic heterocycles. The van der Waals surface area contributed by atoms with Gasteiger partial charge < -0.3 is 0 Å². The maximum Gasteiger partial charge on any atom is 0.261 e. The molecule has 0 radical (unpaired) electrons. The van der Waals surface area contributed by atoms with Crippen LogP contribution < -0.4 is 5.56 Å². The van der Waals surface area contributed by atoms with Gasteiger partial charge in [0.05, 0.1) is 10.9 Å². The summed E-state index contributed by atoms with van der Waals surface area (Å²) in [5.41, 5.74) is 3.23. The molecule has 0 amide bonds. The standard InChI is InChI=1S/C14H16N2O/c1-9-6-7-11-13(10(9)2)14(17)16-8-4-3-5-12(16)15-11/h6-7H,3-5,8H2,1-2H3. The van der Waals surface area contributed by atoms with Crippen molar-refractivity contribution in [3.05, 3.63) is 39.4 Å². The molecule has 0 spiro atoms. The minimum atomic E-state index is 0.144. The second-order valence-corrected chi connectivity index (χ2v) is 4.84. The summed E-state index contributed by atoms with van der Waals surface area (Å²) in [6.07, 6.45) is 3.16. The first-order valence-corrected chi connectivity index (χ1v) is 6.18. The highest BCUT2D eigenvalue weighted by atomic mass is 16.1. The zero-order chi connectivity index (χ0) is 12.0. The molecule has 2 aromatic rings. The van der Waals surface area contributed by atoms with Crippen molar-refractivity contribution in [2.45, 2.75) is 39.7 Å². The van der Waals surface area contributed by atoms with Gasteiger partial charge in [0.25, 0.3) is 5.56 Å². The molecular formula is C14H16N2O. The normalized spacial score (nSPS) is 14.9. The first-order valence-electron chi connectivity index (χ1n) is 6.18. The average molecular weight is 228 g/mol. The van der Waals surface area contributed by atoms with E-state index in [2.05, 4.69) is 4.98 Å². The van der Waals surface area contributed by atoms with E-state index in [1.807, 2.05) is 30.5 Å². The Morgan fingerprint density at radius 1 is 1.24 bits per heavy atom. The van der Waals surface area contributed by atoms with Crippen LogP contribution in [0.4, 0.5) is 0 Å². The fourth-order valence-corrected chi connectivity index (χ4v) is 2.59. The number of hydrogen-bond acceptors (Lipinski definition) is 2. The van der Waals surface area contributed by atoms with Crippen molar-refractivity contribution in [2.75, 3.05) is 0 Å². The third kappa shape index (κ3) is 1.49. The minimum absolute atomic E-state index is 0.144. The SMILES string of the molecule is Cc1ccc2nc3n(c(=O)c2c1C)CCCC3. The predicted molar refractivity (Wildman–Crippen MR) is 68.4 cm³/mol. The van der Waals surface area contributed by atoms with E-state index in [-0.39, 0.29) is 5.56 Å². The molecule has 17 heavy (non-hydrogen) atoms. The molecule has 0 unspecified atom stereocenters. The quantitative estimate of drug-likeness (QED) is 0.693. The van der Waals surface area contributed by atoms with E-state index in [0.29, 0.717) is 0 Å². The summed E-state index contributed by atoms with van der Waals surface area (Å²) < 4.78 is 1.86. The van der Waals surface area contributed by atoms with Gasteiger partial charge in [-0.15, -0.1) is 0 Å². The van der Waals surface area contributed by atoms with E-state index in [1.165, 1.54) is 0 Å². The van der Waals surface area contributed by atoms with Gasteiger partial charge in [-0.1, -0.05) is 6.07 Å². The summed E-state index contributed by atoms with van der Waals surface area (Å²) in [6, 6.07) is 4.01. The molecule has 0 saturated carbocycles. The number of fused-ring (bicyclic) bond motifs is 2. The van der Waals surface area contributed by atoms with Crippen LogP contribution in [0, 0.1) is 13.8 Å². The Morgan fingerprint density at radius 3 is 2.88 bits per heavy atom. The zero-order valence-corrected chi connectivity index (χ0v) is 10.3. The molecule has 3 heteroatoms. The highest BCUT2D eigenvalue weighted by Crippen LogP contribution is 2.19. The molecule has 0 bridgehead atoms. The Kier molecular flexibility index (Phi) is 2.28. The van der Waals surface area contributed by atoms with E-state index < -0.39 is 0 Å². The number of aromatic nitrogens is 2. The third-order valence-corrected chi connectivity index (χ3v) is 3.77. The molecule has 88 valence electrons. The second kappa shape index (κ2) is 3.69. The Morgan fingerprint density at radius 2 is 2.06 bits per heavy atom. The maximum atomic E-state index is 12.5. The monoisotopic (exact) mass is 228 g/mol. The lowest BCUT2D eigenvalue weighted by Gasteiger charge is -2.18. The second-order valence-electron chi connectivity index (χ2n) is 4.84. The van der Waals surface area contributed by atoms with Crippen LogP contribution in [-0.2, 0) is 13.0 Å². The number of nitrogens with zero attached hydrogens (tertiary/aromatic N) is 2. The molecule has 3 nitrogen and oxygen atoms in total. The van der Waals surface area contributed by atoms with Gasteiger partial charge in [-0.3, -0.25) is 9.36 Å². The van der Waals surface area contributed by atoms with Crippen LogP contribution in [-0.4, -0.2) is 9.55 Å². The average Bonchev–Trinajstić information content (AvgIpc) is 2.34. The van der Waals surface area contributed by atoms with Crippen molar-refractivity contribution in [1.29, 1.82) is 0 Å². The van der Waals surface area contributed by atoms with Crippen LogP contribution in [0.1, 0.15) is 29.8 Å². The summed E-state index contributed by atoms with van der Waals surface area (Å²) in [6.45, 7) is 4.87. The first-order chi connectivity index (χ1) is 8.18. The number of aryl methyl sites for hydroxylation is 3. The van der Waals surface area contributed by atoms with Crippen molar-refractivity contribution < 1.29 is 0 Å². The van der Waals surface area contributed by atoms with Crippen LogP contribution in [0.3, 0.4) is 0 Å². The van der Waals surface area contributed by atoms with Gasteiger partial charge in [-0.25, -0.2) is 4.98 Å². The van der Waals surface area contributed by atoms with Crippen molar-refractivity contribution in [3.63, 3.8) is 0 Å². The Labute approximate surface area is 100 Å². The van der Waals surface area contributed by atoms with Crippen molar-refractivity contribution in [2.24, 2.45) is 0 Å². The van der Waals surface area contributed by atoms with Crippen LogP contribution >= 0.6 is 0 Å². The summed E-state index contributed by atoms with van der Waals surface area (Å²) in [5.74, 6) is 0.956. The predicted octanol–water partition coefficient (Wildman–Crippen LogP) is 2.35. The number of benzene rings is 1. The van der Waals surface area contributed by atoms with Crippen molar-refractivity contribution in [1.82, 2.24) is 9.55 Å². The van der Waals surface area contributed by atoms with E-state index >= 15 is 0 Å². The van der Waals surface area contributed by atoms with Crippen LogP contribution in [0.2, 0.25) is 0 Å². The Bertz CT molecular complexity index is 655. The molecule has 0 fully saturated rings. The summed E-state index contributed by atoms with van der Waals surface area (Å²) in [5, 5.41) is 0.802. The van der Waals surface area contributed by atoms with Gasteiger partial charge >= 0.3 is 0 Å². The Balaban J connectivity index is 2.45. The first kappa shape index (κ1) is 10.5. The lowest BCUT2D eigenvalue weighted by atomic mass is 10.0.